The van der Waals surface area contributed by atoms with Crippen molar-refractivity contribution in [3.05, 3.63) is 82.9 Å². The molecule has 154 valence electrons. The Labute approximate surface area is 174 Å². The SMILES string of the molecule is O=C(O)c1ccc(Oc2ccc(Oc3cccc4c3C(=O)OC4=O)cc2)cc1C(=O)O. The number of hydrogen-bond acceptors (Lipinski definition) is 7. The predicted molar refractivity (Wildman–Crippen MR) is 103 cm³/mol. The fourth-order valence-corrected chi connectivity index (χ4v) is 2.98. The average molecular weight is 420 g/mol. The monoisotopic (exact) mass is 420 g/mol. The molecule has 3 aromatic rings. The van der Waals surface area contributed by atoms with E-state index in [1.807, 2.05) is 0 Å². The Morgan fingerprint density at radius 3 is 1.97 bits per heavy atom. The lowest BCUT2D eigenvalue weighted by atomic mass is 10.1. The van der Waals surface area contributed by atoms with Crippen LogP contribution in [0.1, 0.15) is 41.4 Å². The van der Waals surface area contributed by atoms with Crippen LogP contribution in [0.3, 0.4) is 0 Å². The van der Waals surface area contributed by atoms with Crippen LogP contribution in [0.15, 0.2) is 60.7 Å². The fourth-order valence-electron chi connectivity index (χ4n) is 2.98. The molecule has 1 aliphatic heterocycles. The number of cyclic esters (lactones) is 2. The van der Waals surface area contributed by atoms with E-state index in [2.05, 4.69) is 4.74 Å². The smallest absolute Gasteiger partial charge is 0.350 e. The highest BCUT2D eigenvalue weighted by atomic mass is 16.6. The molecule has 0 aliphatic carbocycles. The van der Waals surface area contributed by atoms with Crippen molar-refractivity contribution in [2.24, 2.45) is 0 Å². The molecule has 2 N–H and O–H groups in total. The average Bonchev–Trinajstić information content (AvgIpc) is 3.04. The number of carboxylic acid groups (broad SMARTS) is 2. The van der Waals surface area contributed by atoms with E-state index >= 15 is 0 Å². The molecule has 0 saturated heterocycles. The second-order valence-corrected chi connectivity index (χ2v) is 6.35. The molecule has 0 fully saturated rings. The summed E-state index contributed by atoms with van der Waals surface area (Å²) in [6.45, 7) is 0. The van der Waals surface area contributed by atoms with Crippen molar-refractivity contribution in [1.29, 1.82) is 0 Å². The van der Waals surface area contributed by atoms with Gasteiger partial charge in [-0.2, -0.15) is 0 Å². The summed E-state index contributed by atoms with van der Waals surface area (Å²) in [5.74, 6) is -3.28. The van der Waals surface area contributed by atoms with E-state index in [-0.39, 0.29) is 28.2 Å². The summed E-state index contributed by atoms with van der Waals surface area (Å²) in [6.07, 6.45) is 0. The summed E-state index contributed by atoms with van der Waals surface area (Å²) in [5, 5.41) is 18.3. The summed E-state index contributed by atoms with van der Waals surface area (Å²) in [7, 11) is 0. The Balaban J connectivity index is 1.53. The molecule has 0 aromatic heterocycles. The Morgan fingerprint density at radius 1 is 0.710 bits per heavy atom. The highest BCUT2D eigenvalue weighted by molar-refractivity contribution is 6.16. The quantitative estimate of drug-likeness (QED) is 0.448. The molecule has 0 saturated carbocycles. The number of fused-ring (bicyclic) bond motifs is 1. The molecular weight excluding hydrogens is 408 g/mol. The van der Waals surface area contributed by atoms with Crippen molar-refractivity contribution in [1.82, 2.24) is 0 Å². The van der Waals surface area contributed by atoms with Crippen molar-refractivity contribution in [3.63, 3.8) is 0 Å². The number of aromatic carboxylic acids is 2. The third kappa shape index (κ3) is 3.79. The first-order chi connectivity index (χ1) is 14.8. The topological polar surface area (TPSA) is 136 Å². The maximum atomic E-state index is 11.9. The molecule has 0 unspecified atom stereocenters. The molecule has 4 rings (SSSR count). The molecule has 0 atom stereocenters. The molecule has 3 aromatic carbocycles. The summed E-state index contributed by atoms with van der Waals surface area (Å²) in [4.78, 5) is 45.9. The number of rotatable bonds is 6. The molecule has 9 nitrogen and oxygen atoms in total. The number of benzene rings is 3. The van der Waals surface area contributed by atoms with Gasteiger partial charge in [0.1, 0.15) is 28.6 Å². The van der Waals surface area contributed by atoms with Crippen LogP contribution in [0, 0.1) is 0 Å². The lowest BCUT2D eigenvalue weighted by molar-refractivity contribution is 0.0441. The van der Waals surface area contributed by atoms with Gasteiger partial charge in [0.25, 0.3) is 0 Å². The van der Waals surface area contributed by atoms with E-state index in [4.69, 9.17) is 14.6 Å². The van der Waals surface area contributed by atoms with Crippen LogP contribution in [0.25, 0.3) is 0 Å². The van der Waals surface area contributed by atoms with Gasteiger partial charge in [0.2, 0.25) is 0 Å². The predicted octanol–water partition coefficient (Wildman–Crippen LogP) is 3.98. The molecule has 0 spiro atoms. The number of carbonyl (C=O) groups is 4. The molecule has 0 amide bonds. The molecule has 0 bridgehead atoms. The summed E-state index contributed by atoms with van der Waals surface area (Å²) < 4.78 is 15.9. The van der Waals surface area contributed by atoms with Gasteiger partial charge in [-0.25, -0.2) is 19.2 Å². The zero-order valence-corrected chi connectivity index (χ0v) is 15.5. The highest BCUT2D eigenvalue weighted by Crippen LogP contribution is 2.33. The van der Waals surface area contributed by atoms with Crippen molar-refractivity contribution in [2.75, 3.05) is 0 Å². The number of esters is 2. The molecule has 1 aliphatic rings. The standard InChI is InChI=1S/C22H12O9/c23-19(24)14-9-8-13(10-16(14)20(25)26)29-11-4-6-12(7-5-11)30-17-3-1-2-15-18(17)22(28)31-21(15)27/h1-10H,(H,23,24)(H,25,26). The number of carbonyl (C=O) groups excluding carboxylic acids is 2. The zero-order valence-electron chi connectivity index (χ0n) is 15.5. The van der Waals surface area contributed by atoms with Crippen LogP contribution in [0.5, 0.6) is 23.0 Å². The van der Waals surface area contributed by atoms with Gasteiger partial charge in [-0.1, -0.05) is 6.07 Å². The van der Waals surface area contributed by atoms with Crippen molar-refractivity contribution >= 4 is 23.9 Å². The number of carboxylic acids is 2. The largest absolute Gasteiger partial charge is 0.478 e. The van der Waals surface area contributed by atoms with Gasteiger partial charge in [-0.05, 0) is 54.6 Å². The normalized spacial score (nSPS) is 12.1. The van der Waals surface area contributed by atoms with Crippen LogP contribution < -0.4 is 9.47 Å². The van der Waals surface area contributed by atoms with Crippen molar-refractivity contribution in [2.45, 2.75) is 0 Å². The third-order valence-electron chi connectivity index (χ3n) is 4.37. The Kier molecular flexibility index (Phi) is 4.84. The first kappa shape index (κ1) is 19.6. The van der Waals surface area contributed by atoms with Crippen LogP contribution in [0.4, 0.5) is 0 Å². The first-order valence-electron chi connectivity index (χ1n) is 8.79. The molecule has 0 radical (unpaired) electrons. The number of ether oxygens (including phenoxy) is 3. The minimum atomic E-state index is -1.39. The molecule has 9 heteroatoms. The van der Waals surface area contributed by atoms with Gasteiger partial charge in [0.15, 0.2) is 0 Å². The molecular formula is C22H12O9. The second-order valence-electron chi connectivity index (χ2n) is 6.35. The highest BCUT2D eigenvalue weighted by Gasteiger charge is 2.33. The lowest BCUT2D eigenvalue weighted by Crippen LogP contribution is -2.07. The maximum absolute atomic E-state index is 11.9. The van der Waals surface area contributed by atoms with Gasteiger partial charge < -0.3 is 24.4 Å². The van der Waals surface area contributed by atoms with Gasteiger partial charge in [0, 0.05) is 0 Å². The minimum absolute atomic E-state index is 0.0487. The van der Waals surface area contributed by atoms with Crippen LogP contribution in [0.2, 0.25) is 0 Å². The maximum Gasteiger partial charge on any atom is 0.350 e. The fraction of sp³-hybridized carbons (Fsp3) is 0. The van der Waals surface area contributed by atoms with E-state index in [0.717, 1.165) is 12.1 Å². The van der Waals surface area contributed by atoms with Crippen molar-refractivity contribution in [3.8, 4) is 23.0 Å². The van der Waals surface area contributed by atoms with Crippen LogP contribution >= 0.6 is 0 Å². The van der Waals surface area contributed by atoms with E-state index in [9.17, 15) is 24.3 Å². The summed E-state index contributed by atoms with van der Waals surface area (Å²) >= 11 is 0. The summed E-state index contributed by atoms with van der Waals surface area (Å²) in [5.41, 5.74) is -0.575. The summed E-state index contributed by atoms with van der Waals surface area (Å²) in [6, 6.07) is 14.3. The molecule has 31 heavy (non-hydrogen) atoms. The van der Waals surface area contributed by atoms with Crippen LogP contribution in [-0.4, -0.2) is 34.1 Å². The second kappa shape index (κ2) is 7.64. The minimum Gasteiger partial charge on any atom is -0.478 e. The van der Waals surface area contributed by atoms with Crippen LogP contribution in [-0.2, 0) is 4.74 Å². The Bertz CT molecular complexity index is 1240. The Morgan fingerprint density at radius 2 is 1.32 bits per heavy atom. The lowest BCUT2D eigenvalue weighted by Gasteiger charge is -2.10. The number of hydrogen-bond donors (Lipinski definition) is 2. The third-order valence-corrected chi connectivity index (χ3v) is 4.37. The van der Waals surface area contributed by atoms with E-state index in [0.29, 0.717) is 11.5 Å². The van der Waals surface area contributed by atoms with Crippen molar-refractivity contribution < 1.29 is 43.6 Å². The van der Waals surface area contributed by atoms with E-state index in [1.165, 1.54) is 30.3 Å². The zero-order chi connectivity index (χ0) is 22.1. The first-order valence-corrected chi connectivity index (χ1v) is 8.79. The van der Waals surface area contributed by atoms with Gasteiger partial charge in [-0.15, -0.1) is 0 Å². The van der Waals surface area contributed by atoms with Gasteiger partial charge in [0.05, 0.1) is 16.7 Å². The van der Waals surface area contributed by atoms with Gasteiger partial charge >= 0.3 is 23.9 Å². The van der Waals surface area contributed by atoms with E-state index in [1.54, 1.807) is 18.2 Å². The Hall–Kier alpha value is -4.66. The van der Waals surface area contributed by atoms with Gasteiger partial charge in [-0.3, -0.25) is 0 Å². The van der Waals surface area contributed by atoms with E-state index < -0.39 is 29.4 Å². The molecule has 1 heterocycles.